The van der Waals surface area contributed by atoms with Gasteiger partial charge in [0, 0.05) is 31.5 Å². The maximum atomic E-state index is 12.5. The van der Waals surface area contributed by atoms with Crippen LogP contribution in [-0.2, 0) is 16.1 Å². The van der Waals surface area contributed by atoms with E-state index >= 15 is 0 Å². The van der Waals surface area contributed by atoms with Gasteiger partial charge >= 0.3 is 0 Å². The van der Waals surface area contributed by atoms with E-state index in [1.54, 1.807) is 13.2 Å². The van der Waals surface area contributed by atoms with Gasteiger partial charge in [-0.2, -0.15) is 5.10 Å². The van der Waals surface area contributed by atoms with E-state index in [0.29, 0.717) is 0 Å². The lowest BCUT2D eigenvalue weighted by atomic mass is 9.99. The molecule has 2 fully saturated rings. The first-order valence-corrected chi connectivity index (χ1v) is 7.05. The third kappa shape index (κ3) is 2.35. The Balaban J connectivity index is 1.73. The third-order valence-corrected chi connectivity index (χ3v) is 4.38. The summed E-state index contributed by atoms with van der Waals surface area (Å²) in [7, 11) is 1.73. The monoisotopic (exact) mass is 277 g/mol. The highest BCUT2D eigenvalue weighted by Gasteiger charge is 2.43. The molecule has 2 aliphatic rings. The second kappa shape index (κ2) is 5.36. The smallest absolute Gasteiger partial charge is 0.267 e. The summed E-state index contributed by atoms with van der Waals surface area (Å²) in [6, 6.07) is 3.51. The molecule has 0 N–H and O–H groups in total. The predicted octanol–water partition coefficient (Wildman–Crippen LogP) is 0.412. The lowest BCUT2D eigenvalue weighted by molar-refractivity contribution is -0.138. The Morgan fingerprint density at radius 2 is 2.10 bits per heavy atom. The number of aromatic nitrogens is 2. The summed E-state index contributed by atoms with van der Waals surface area (Å²) >= 11 is 0. The Morgan fingerprint density at radius 1 is 1.40 bits per heavy atom. The molecule has 2 atom stereocenters. The first kappa shape index (κ1) is 13.3. The van der Waals surface area contributed by atoms with Crippen LogP contribution in [-0.4, -0.2) is 45.9 Å². The van der Waals surface area contributed by atoms with Crippen molar-refractivity contribution in [2.45, 2.75) is 50.4 Å². The molecule has 2 aliphatic heterocycles. The van der Waals surface area contributed by atoms with E-state index in [9.17, 15) is 9.59 Å². The van der Waals surface area contributed by atoms with Crippen LogP contribution in [0.3, 0.4) is 0 Å². The van der Waals surface area contributed by atoms with Gasteiger partial charge in [-0.05, 0) is 31.7 Å². The maximum Gasteiger partial charge on any atom is 0.267 e. The minimum absolute atomic E-state index is 0.00662. The molecule has 108 valence electrons. The van der Waals surface area contributed by atoms with Crippen molar-refractivity contribution in [1.82, 2.24) is 14.7 Å². The molecule has 1 aromatic rings. The van der Waals surface area contributed by atoms with Gasteiger partial charge in [-0.1, -0.05) is 0 Å². The van der Waals surface area contributed by atoms with Gasteiger partial charge in [0.1, 0.15) is 6.54 Å². The van der Waals surface area contributed by atoms with Crippen molar-refractivity contribution >= 4 is 5.91 Å². The number of carbonyl (C=O) groups excluding carboxylic acids is 1. The number of methoxy groups -OCH3 is 1. The SMILES string of the molecule is COC1CC2CCC(C1)N2C(=O)Cn1ncccc1=O. The van der Waals surface area contributed by atoms with Gasteiger partial charge < -0.3 is 9.64 Å². The average molecular weight is 277 g/mol. The Labute approximate surface area is 117 Å². The van der Waals surface area contributed by atoms with Crippen molar-refractivity contribution in [2.24, 2.45) is 0 Å². The van der Waals surface area contributed by atoms with Crippen LogP contribution < -0.4 is 5.56 Å². The maximum absolute atomic E-state index is 12.5. The highest BCUT2D eigenvalue weighted by molar-refractivity contribution is 5.77. The van der Waals surface area contributed by atoms with E-state index in [0.717, 1.165) is 25.7 Å². The van der Waals surface area contributed by atoms with Crippen molar-refractivity contribution in [2.75, 3.05) is 7.11 Å². The summed E-state index contributed by atoms with van der Waals surface area (Å²) in [5.74, 6) is -0.00662. The highest BCUT2D eigenvalue weighted by Crippen LogP contribution is 2.36. The van der Waals surface area contributed by atoms with Gasteiger partial charge in [0.25, 0.3) is 5.56 Å². The Bertz CT molecular complexity index is 543. The second-order valence-corrected chi connectivity index (χ2v) is 5.53. The average Bonchev–Trinajstić information content (AvgIpc) is 2.72. The minimum Gasteiger partial charge on any atom is -0.381 e. The normalized spacial score (nSPS) is 28.6. The van der Waals surface area contributed by atoms with Crippen molar-refractivity contribution in [3.63, 3.8) is 0 Å². The molecule has 3 rings (SSSR count). The Morgan fingerprint density at radius 3 is 2.70 bits per heavy atom. The number of hydrogen-bond donors (Lipinski definition) is 0. The third-order valence-electron chi connectivity index (χ3n) is 4.38. The van der Waals surface area contributed by atoms with Crippen LogP contribution in [0, 0.1) is 0 Å². The fourth-order valence-corrected chi connectivity index (χ4v) is 3.44. The second-order valence-electron chi connectivity index (χ2n) is 5.53. The van der Waals surface area contributed by atoms with Gasteiger partial charge in [-0.3, -0.25) is 9.59 Å². The molecule has 1 aromatic heterocycles. The molecule has 3 heterocycles. The molecule has 2 saturated heterocycles. The van der Waals surface area contributed by atoms with Gasteiger partial charge in [0.15, 0.2) is 0 Å². The van der Waals surface area contributed by atoms with Crippen LogP contribution in [0.1, 0.15) is 25.7 Å². The molecular weight excluding hydrogens is 258 g/mol. The molecule has 0 radical (unpaired) electrons. The molecule has 2 bridgehead atoms. The molecule has 1 amide bonds. The van der Waals surface area contributed by atoms with E-state index < -0.39 is 0 Å². The fourth-order valence-electron chi connectivity index (χ4n) is 3.44. The molecule has 0 spiro atoms. The zero-order valence-electron chi connectivity index (χ0n) is 11.6. The summed E-state index contributed by atoms with van der Waals surface area (Å²) in [6.07, 6.45) is 5.65. The molecule has 0 aliphatic carbocycles. The number of fused-ring (bicyclic) bond motifs is 2. The van der Waals surface area contributed by atoms with E-state index in [-0.39, 0.29) is 36.2 Å². The zero-order chi connectivity index (χ0) is 14.1. The predicted molar refractivity (Wildman–Crippen MR) is 72.2 cm³/mol. The number of nitrogens with zero attached hydrogens (tertiary/aromatic N) is 3. The number of carbonyl (C=O) groups is 1. The Hall–Kier alpha value is -1.69. The molecule has 6 nitrogen and oxygen atoms in total. The van der Waals surface area contributed by atoms with Crippen LogP contribution in [0.4, 0.5) is 0 Å². The van der Waals surface area contributed by atoms with Crippen LogP contribution in [0.15, 0.2) is 23.1 Å². The minimum atomic E-state index is -0.236. The summed E-state index contributed by atoms with van der Waals surface area (Å²) in [4.78, 5) is 26.0. The largest absolute Gasteiger partial charge is 0.381 e. The van der Waals surface area contributed by atoms with E-state index in [1.165, 1.54) is 16.9 Å². The molecule has 20 heavy (non-hydrogen) atoms. The van der Waals surface area contributed by atoms with Crippen molar-refractivity contribution < 1.29 is 9.53 Å². The lowest BCUT2D eigenvalue weighted by Gasteiger charge is -2.38. The highest BCUT2D eigenvalue weighted by atomic mass is 16.5. The first-order valence-electron chi connectivity index (χ1n) is 7.05. The van der Waals surface area contributed by atoms with Gasteiger partial charge in [-0.25, -0.2) is 4.68 Å². The van der Waals surface area contributed by atoms with Crippen molar-refractivity contribution in [3.8, 4) is 0 Å². The van der Waals surface area contributed by atoms with Crippen LogP contribution in [0.25, 0.3) is 0 Å². The number of piperidine rings is 1. The molecule has 6 heteroatoms. The topological polar surface area (TPSA) is 64.4 Å². The molecular formula is C14H19N3O3. The summed E-state index contributed by atoms with van der Waals surface area (Å²) in [5.41, 5.74) is -0.236. The van der Waals surface area contributed by atoms with Gasteiger partial charge in [-0.15, -0.1) is 0 Å². The first-order chi connectivity index (χ1) is 9.69. The number of amides is 1. The van der Waals surface area contributed by atoms with Gasteiger partial charge in [0.05, 0.1) is 6.10 Å². The van der Waals surface area contributed by atoms with Crippen molar-refractivity contribution in [3.05, 3.63) is 28.7 Å². The van der Waals surface area contributed by atoms with E-state index in [1.807, 2.05) is 4.90 Å². The molecule has 0 aromatic carbocycles. The zero-order valence-corrected chi connectivity index (χ0v) is 11.6. The van der Waals surface area contributed by atoms with E-state index in [2.05, 4.69) is 5.10 Å². The lowest BCUT2D eigenvalue weighted by Crippen LogP contribution is -2.50. The quantitative estimate of drug-likeness (QED) is 0.803. The van der Waals surface area contributed by atoms with E-state index in [4.69, 9.17) is 4.74 Å². The molecule has 2 unspecified atom stereocenters. The standard InChI is InChI=1S/C14H19N3O3/c1-20-12-7-10-4-5-11(8-12)17(10)14(19)9-16-13(18)3-2-6-15-16/h2-3,6,10-12H,4-5,7-9H2,1H3. The van der Waals surface area contributed by atoms with Crippen LogP contribution in [0.2, 0.25) is 0 Å². The number of ether oxygens (including phenoxy) is 1. The number of hydrogen-bond acceptors (Lipinski definition) is 4. The van der Waals surface area contributed by atoms with Crippen LogP contribution >= 0.6 is 0 Å². The molecule has 0 saturated carbocycles. The summed E-state index contributed by atoms with van der Waals surface area (Å²) < 4.78 is 6.66. The number of rotatable bonds is 3. The van der Waals surface area contributed by atoms with Crippen molar-refractivity contribution in [1.29, 1.82) is 0 Å². The Kier molecular flexibility index (Phi) is 3.56. The summed E-state index contributed by atoms with van der Waals surface area (Å²) in [6.45, 7) is 0.0321. The summed E-state index contributed by atoms with van der Waals surface area (Å²) in [5, 5.41) is 3.95. The van der Waals surface area contributed by atoms with Gasteiger partial charge in [0.2, 0.25) is 5.91 Å². The fraction of sp³-hybridized carbons (Fsp3) is 0.643. The van der Waals surface area contributed by atoms with Crippen LogP contribution in [0.5, 0.6) is 0 Å².